The first kappa shape index (κ1) is 11.5. The van der Waals surface area contributed by atoms with Gasteiger partial charge < -0.3 is 9.47 Å². The predicted octanol–water partition coefficient (Wildman–Crippen LogP) is 3.70. The van der Waals surface area contributed by atoms with Gasteiger partial charge in [0.1, 0.15) is 11.5 Å². The zero-order valence-electron chi connectivity index (χ0n) is 7.93. The fraction of sp³-hybridized carbons (Fsp3) is 0.400. The summed E-state index contributed by atoms with van der Waals surface area (Å²) in [6, 6.07) is 5.34. The van der Waals surface area contributed by atoms with Crippen molar-refractivity contribution in [3.63, 3.8) is 0 Å². The first-order chi connectivity index (χ1) is 6.77. The monoisotopic (exact) mass is 234 g/mol. The summed E-state index contributed by atoms with van der Waals surface area (Å²) in [6.45, 7) is 2.68. The van der Waals surface area contributed by atoms with Crippen LogP contribution in [0.15, 0.2) is 18.2 Å². The Bertz CT molecular complexity index is 289. The molecule has 1 aromatic rings. The van der Waals surface area contributed by atoms with Gasteiger partial charge in [0.2, 0.25) is 0 Å². The molecular weight excluding hydrogens is 223 g/mol. The highest BCUT2D eigenvalue weighted by Gasteiger charge is 2.03. The van der Waals surface area contributed by atoms with Gasteiger partial charge in [-0.25, -0.2) is 0 Å². The van der Waals surface area contributed by atoms with E-state index in [-0.39, 0.29) is 6.07 Å². The largest absolute Gasteiger partial charge is 0.492 e. The van der Waals surface area contributed by atoms with E-state index in [4.69, 9.17) is 32.7 Å². The second-order valence-corrected chi connectivity index (χ2v) is 3.32. The molecule has 0 spiro atoms. The Morgan fingerprint density at radius 3 is 2.71 bits per heavy atom. The number of alkyl halides is 1. The lowest BCUT2D eigenvalue weighted by molar-refractivity contribution is 0.314. The molecule has 0 radical (unpaired) electrons. The number of ether oxygens (including phenoxy) is 2. The van der Waals surface area contributed by atoms with Gasteiger partial charge >= 0.3 is 0 Å². The maximum Gasteiger partial charge on any atom is 0.162 e. The Balaban J connectivity index is 2.74. The van der Waals surface area contributed by atoms with E-state index in [2.05, 4.69) is 0 Å². The first-order valence-corrected chi connectivity index (χ1v) is 5.30. The summed E-state index contributed by atoms with van der Waals surface area (Å²) in [7, 11) is 0. The highest BCUT2D eigenvalue weighted by Crippen LogP contribution is 2.29. The van der Waals surface area contributed by atoms with Crippen molar-refractivity contribution in [2.45, 2.75) is 13.3 Å². The summed E-state index contributed by atoms with van der Waals surface area (Å²) in [5.74, 6) is 1.30. The lowest BCUT2D eigenvalue weighted by atomic mass is 10.3. The van der Waals surface area contributed by atoms with Gasteiger partial charge in [-0.05, 0) is 18.6 Å². The third kappa shape index (κ3) is 3.28. The Kier molecular flexibility index (Phi) is 4.91. The third-order valence-corrected chi connectivity index (χ3v) is 2.01. The minimum atomic E-state index is 0.120. The van der Waals surface area contributed by atoms with Crippen molar-refractivity contribution >= 4 is 23.2 Å². The lowest BCUT2D eigenvalue weighted by Crippen LogP contribution is -1.96. The Morgan fingerprint density at radius 1 is 1.29 bits per heavy atom. The maximum atomic E-state index is 5.92. The number of rotatable bonds is 5. The van der Waals surface area contributed by atoms with Crippen molar-refractivity contribution in [1.29, 1.82) is 0 Å². The molecule has 0 aliphatic rings. The van der Waals surface area contributed by atoms with Crippen LogP contribution >= 0.6 is 23.2 Å². The van der Waals surface area contributed by atoms with Gasteiger partial charge in [-0.1, -0.05) is 30.1 Å². The van der Waals surface area contributed by atoms with E-state index in [1.165, 1.54) is 0 Å². The van der Waals surface area contributed by atoms with Gasteiger partial charge in [0.05, 0.1) is 11.6 Å². The summed E-state index contributed by atoms with van der Waals surface area (Å²) in [4.78, 5) is 0. The summed E-state index contributed by atoms with van der Waals surface area (Å²) in [5, 5.41) is 0.584. The summed E-state index contributed by atoms with van der Waals surface area (Å²) >= 11 is 11.4. The van der Waals surface area contributed by atoms with Gasteiger partial charge in [0.25, 0.3) is 0 Å². The minimum Gasteiger partial charge on any atom is -0.492 e. The number of halogens is 2. The van der Waals surface area contributed by atoms with Gasteiger partial charge in [0, 0.05) is 6.07 Å². The summed E-state index contributed by atoms with van der Waals surface area (Å²) in [5.41, 5.74) is 0. The van der Waals surface area contributed by atoms with Crippen LogP contribution in [0.5, 0.6) is 11.5 Å². The fourth-order valence-corrected chi connectivity index (χ4v) is 1.26. The lowest BCUT2D eigenvalue weighted by Gasteiger charge is -2.08. The highest BCUT2D eigenvalue weighted by molar-refractivity contribution is 6.32. The van der Waals surface area contributed by atoms with Crippen LogP contribution in [0, 0.1) is 0 Å². The van der Waals surface area contributed by atoms with E-state index in [1.54, 1.807) is 18.2 Å². The second-order valence-electron chi connectivity index (χ2n) is 2.69. The van der Waals surface area contributed by atoms with Crippen molar-refractivity contribution in [2.24, 2.45) is 0 Å². The molecule has 2 nitrogen and oxygen atoms in total. The molecule has 0 saturated heterocycles. The van der Waals surface area contributed by atoms with Crippen molar-refractivity contribution in [3.8, 4) is 11.5 Å². The number of hydrogen-bond acceptors (Lipinski definition) is 2. The molecule has 78 valence electrons. The fourth-order valence-electron chi connectivity index (χ4n) is 0.959. The first-order valence-electron chi connectivity index (χ1n) is 4.39. The molecule has 1 aromatic carbocycles. The second kappa shape index (κ2) is 5.99. The van der Waals surface area contributed by atoms with Crippen LogP contribution in [0.2, 0.25) is 5.02 Å². The summed E-state index contributed by atoms with van der Waals surface area (Å²) in [6.07, 6.45) is 0.941. The van der Waals surface area contributed by atoms with Crippen LogP contribution < -0.4 is 9.47 Å². The van der Waals surface area contributed by atoms with Crippen LogP contribution in [0.25, 0.3) is 0 Å². The van der Waals surface area contributed by atoms with Gasteiger partial charge in [0.15, 0.2) is 6.07 Å². The predicted molar refractivity (Wildman–Crippen MR) is 58.6 cm³/mol. The molecule has 0 heterocycles. The van der Waals surface area contributed by atoms with Crippen LogP contribution in [0.3, 0.4) is 0 Å². The van der Waals surface area contributed by atoms with Crippen LogP contribution in [0.4, 0.5) is 0 Å². The third-order valence-electron chi connectivity index (χ3n) is 1.59. The van der Waals surface area contributed by atoms with E-state index in [9.17, 15) is 0 Å². The average Bonchev–Trinajstić information content (AvgIpc) is 2.19. The Hall–Kier alpha value is -0.600. The number of benzene rings is 1. The molecule has 4 heteroatoms. The van der Waals surface area contributed by atoms with Crippen LogP contribution in [-0.2, 0) is 0 Å². The van der Waals surface area contributed by atoms with Gasteiger partial charge in [-0.15, -0.1) is 0 Å². The molecule has 0 aliphatic carbocycles. The van der Waals surface area contributed by atoms with E-state index in [0.717, 1.165) is 6.42 Å². The highest BCUT2D eigenvalue weighted by atomic mass is 35.5. The van der Waals surface area contributed by atoms with Crippen LogP contribution in [-0.4, -0.2) is 12.7 Å². The van der Waals surface area contributed by atoms with Gasteiger partial charge in [-0.3, -0.25) is 0 Å². The molecule has 0 atom stereocenters. The standard InChI is InChI=1S/C10H12Cl2O2/c1-2-5-13-10-6-8(14-7-11)3-4-9(10)12/h3-4,6H,2,5,7H2,1H3. The smallest absolute Gasteiger partial charge is 0.162 e. The molecule has 0 amide bonds. The van der Waals surface area contributed by atoms with E-state index in [1.807, 2.05) is 6.92 Å². The quantitative estimate of drug-likeness (QED) is 0.724. The average molecular weight is 235 g/mol. The molecular formula is C10H12Cl2O2. The number of hydrogen-bond donors (Lipinski definition) is 0. The van der Waals surface area contributed by atoms with Crippen molar-refractivity contribution < 1.29 is 9.47 Å². The molecule has 0 saturated carbocycles. The molecule has 0 N–H and O–H groups in total. The van der Waals surface area contributed by atoms with Crippen molar-refractivity contribution in [2.75, 3.05) is 12.7 Å². The van der Waals surface area contributed by atoms with E-state index in [0.29, 0.717) is 23.1 Å². The molecule has 1 rings (SSSR count). The Labute approximate surface area is 93.7 Å². The minimum absolute atomic E-state index is 0.120. The molecule has 0 aliphatic heterocycles. The Morgan fingerprint density at radius 2 is 2.07 bits per heavy atom. The van der Waals surface area contributed by atoms with Crippen molar-refractivity contribution in [1.82, 2.24) is 0 Å². The van der Waals surface area contributed by atoms with E-state index >= 15 is 0 Å². The zero-order valence-corrected chi connectivity index (χ0v) is 9.44. The normalized spacial score (nSPS) is 9.93. The van der Waals surface area contributed by atoms with Crippen molar-refractivity contribution in [3.05, 3.63) is 23.2 Å². The zero-order chi connectivity index (χ0) is 10.4. The molecule has 0 unspecified atom stereocenters. The van der Waals surface area contributed by atoms with Crippen LogP contribution in [0.1, 0.15) is 13.3 Å². The SMILES string of the molecule is CCCOc1cc(OCCl)ccc1Cl. The maximum absolute atomic E-state index is 5.92. The topological polar surface area (TPSA) is 18.5 Å². The molecule has 0 bridgehead atoms. The molecule has 0 fully saturated rings. The summed E-state index contributed by atoms with van der Waals surface area (Å²) < 4.78 is 10.5. The molecule has 0 aromatic heterocycles. The van der Waals surface area contributed by atoms with E-state index < -0.39 is 0 Å². The van der Waals surface area contributed by atoms with Gasteiger partial charge in [-0.2, -0.15) is 0 Å². The molecule has 14 heavy (non-hydrogen) atoms.